The van der Waals surface area contributed by atoms with Gasteiger partial charge >= 0.3 is 0 Å². The van der Waals surface area contributed by atoms with E-state index in [2.05, 4.69) is 17.2 Å². The Morgan fingerprint density at radius 1 is 1.15 bits per heavy atom. The molecule has 34 heavy (non-hydrogen) atoms. The third-order valence-corrected chi connectivity index (χ3v) is 5.95. The Labute approximate surface area is 204 Å². The highest BCUT2D eigenvalue weighted by atomic mass is 32.1. The molecule has 7 heteroatoms. The fraction of sp³-hybridized carbons (Fsp3) is 0.296. The number of ether oxygens (including phenoxy) is 2. The monoisotopic (exact) mass is 475 g/mol. The third kappa shape index (κ3) is 6.93. The molecule has 2 aromatic carbocycles. The Hall–Kier alpha value is -3.63. The molecular formula is C27H29N3O3S. The zero-order chi connectivity index (χ0) is 24.3. The van der Waals surface area contributed by atoms with Crippen molar-refractivity contribution in [3.8, 4) is 28.8 Å². The SMILES string of the molecule is CCCCCCOc1ccc(/C=C(\C#N)C(=O)Nc2nc(-c3ccc(C)cc3)cs2)cc1OC. The van der Waals surface area contributed by atoms with Crippen molar-refractivity contribution >= 4 is 28.5 Å². The molecule has 6 nitrogen and oxygen atoms in total. The lowest BCUT2D eigenvalue weighted by molar-refractivity contribution is -0.112. The highest BCUT2D eigenvalue weighted by molar-refractivity contribution is 7.14. The van der Waals surface area contributed by atoms with E-state index in [-0.39, 0.29) is 5.57 Å². The van der Waals surface area contributed by atoms with Crippen LogP contribution in [0.4, 0.5) is 5.13 Å². The molecule has 1 amide bonds. The molecule has 0 fully saturated rings. The molecule has 0 aliphatic carbocycles. The summed E-state index contributed by atoms with van der Waals surface area (Å²) in [7, 11) is 1.57. The van der Waals surface area contributed by atoms with E-state index in [9.17, 15) is 10.1 Å². The van der Waals surface area contributed by atoms with Gasteiger partial charge in [0.2, 0.25) is 0 Å². The predicted octanol–water partition coefficient (Wildman–Crippen LogP) is 6.63. The molecule has 0 radical (unpaired) electrons. The van der Waals surface area contributed by atoms with Gasteiger partial charge in [-0.1, -0.05) is 62.1 Å². The molecule has 1 aromatic heterocycles. The normalized spacial score (nSPS) is 11.1. The van der Waals surface area contributed by atoms with E-state index in [0.717, 1.165) is 24.1 Å². The number of carbonyl (C=O) groups is 1. The zero-order valence-corrected chi connectivity index (χ0v) is 20.6. The molecule has 0 aliphatic heterocycles. The number of nitrogens with one attached hydrogen (secondary N) is 1. The van der Waals surface area contributed by atoms with Crippen LogP contribution in [0.1, 0.15) is 43.7 Å². The summed E-state index contributed by atoms with van der Waals surface area (Å²) in [6, 6.07) is 15.3. The maximum atomic E-state index is 12.7. The van der Waals surface area contributed by atoms with E-state index in [1.54, 1.807) is 25.3 Å². The number of unbranched alkanes of at least 4 members (excludes halogenated alkanes) is 3. The van der Waals surface area contributed by atoms with Crippen LogP contribution < -0.4 is 14.8 Å². The van der Waals surface area contributed by atoms with Crippen LogP contribution >= 0.6 is 11.3 Å². The van der Waals surface area contributed by atoms with Crippen LogP contribution in [-0.2, 0) is 4.79 Å². The molecule has 0 aliphatic rings. The van der Waals surface area contributed by atoms with Gasteiger partial charge in [0, 0.05) is 10.9 Å². The fourth-order valence-corrected chi connectivity index (χ4v) is 3.99. The Morgan fingerprint density at radius 2 is 1.94 bits per heavy atom. The summed E-state index contributed by atoms with van der Waals surface area (Å²) in [4.78, 5) is 17.2. The van der Waals surface area contributed by atoms with E-state index in [4.69, 9.17) is 9.47 Å². The number of amides is 1. The number of hydrogen-bond donors (Lipinski definition) is 1. The van der Waals surface area contributed by atoms with E-state index in [0.29, 0.717) is 28.8 Å². The molecule has 0 unspecified atom stereocenters. The molecule has 0 spiro atoms. The minimum Gasteiger partial charge on any atom is -0.493 e. The molecule has 0 saturated heterocycles. The molecule has 1 heterocycles. The number of thiazole rings is 1. The van der Waals surface area contributed by atoms with E-state index >= 15 is 0 Å². The van der Waals surface area contributed by atoms with Gasteiger partial charge in [-0.05, 0) is 37.1 Å². The Morgan fingerprint density at radius 3 is 2.65 bits per heavy atom. The summed E-state index contributed by atoms with van der Waals surface area (Å²) >= 11 is 1.32. The van der Waals surface area contributed by atoms with Crippen LogP contribution in [0.2, 0.25) is 0 Å². The van der Waals surface area contributed by atoms with Gasteiger partial charge in [-0.2, -0.15) is 5.26 Å². The fourth-order valence-electron chi connectivity index (χ4n) is 3.27. The lowest BCUT2D eigenvalue weighted by atomic mass is 10.1. The molecule has 0 bridgehead atoms. The third-order valence-electron chi connectivity index (χ3n) is 5.19. The van der Waals surface area contributed by atoms with Crippen molar-refractivity contribution in [1.29, 1.82) is 5.26 Å². The number of benzene rings is 2. The minimum absolute atomic E-state index is 0.0256. The van der Waals surface area contributed by atoms with E-state index in [1.165, 1.54) is 35.8 Å². The summed E-state index contributed by atoms with van der Waals surface area (Å²) in [6.07, 6.45) is 6.01. The van der Waals surface area contributed by atoms with Gasteiger partial charge in [0.25, 0.3) is 5.91 Å². The second kappa shape index (κ2) is 12.6. The summed E-state index contributed by atoms with van der Waals surface area (Å²) in [5.41, 5.74) is 3.55. The number of rotatable bonds is 11. The number of methoxy groups -OCH3 is 1. The van der Waals surface area contributed by atoms with E-state index < -0.39 is 5.91 Å². The van der Waals surface area contributed by atoms with Crippen LogP contribution in [0.25, 0.3) is 17.3 Å². The van der Waals surface area contributed by atoms with Crippen LogP contribution in [0.15, 0.2) is 53.4 Å². The molecule has 1 N–H and O–H groups in total. The largest absolute Gasteiger partial charge is 0.493 e. The molecule has 3 aromatic rings. The lowest BCUT2D eigenvalue weighted by Gasteiger charge is -2.11. The average Bonchev–Trinajstić information content (AvgIpc) is 3.31. The van der Waals surface area contributed by atoms with Crippen LogP contribution in [0.5, 0.6) is 11.5 Å². The van der Waals surface area contributed by atoms with Crippen molar-refractivity contribution in [3.05, 3.63) is 64.5 Å². The average molecular weight is 476 g/mol. The number of anilines is 1. The molecule has 176 valence electrons. The van der Waals surface area contributed by atoms with Gasteiger partial charge in [-0.25, -0.2) is 4.98 Å². The first-order valence-corrected chi connectivity index (χ1v) is 12.2. The summed E-state index contributed by atoms with van der Waals surface area (Å²) in [5.74, 6) is 0.692. The maximum Gasteiger partial charge on any atom is 0.268 e. The molecule has 3 rings (SSSR count). The number of nitrogens with zero attached hydrogens (tertiary/aromatic N) is 2. The van der Waals surface area contributed by atoms with Crippen LogP contribution in [0.3, 0.4) is 0 Å². The standard InChI is InChI=1S/C27H29N3O3S/c1-4-5-6-7-14-33-24-13-10-20(16-25(24)32-3)15-22(17-28)26(31)30-27-29-23(18-34-27)21-11-8-19(2)9-12-21/h8-13,15-16,18H,4-7,14H2,1-3H3,(H,29,30,31)/b22-15+. The number of carbonyl (C=O) groups excluding carboxylic acids is 1. The van der Waals surface area contributed by atoms with Crippen molar-refractivity contribution in [2.45, 2.75) is 39.5 Å². The number of aryl methyl sites for hydroxylation is 1. The molecule has 0 atom stereocenters. The number of nitriles is 1. The number of aromatic nitrogens is 1. The van der Waals surface area contributed by atoms with Gasteiger partial charge in [0.1, 0.15) is 11.6 Å². The van der Waals surface area contributed by atoms with Gasteiger partial charge in [-0.3, -0.25) is 10.1 Å². The Balaban J connectivity index is 1.67. The maximum absolute atomic E-state index is 12.7. The summed E-state index contributed by atoms with van der Waals surface area (Å²) in [6.45, 7) is 4.82. The first-order chi connectivity index (χ1) is 16.5. The summed E-state index contributed by atoms with van der Waals surface area (Å²) in [5, 5.41) is 14.6. The zero-order valence-electron chi connectivity index (χ0n) is 19.8. The van der Waals surface area contributed by atoms with Crippen molar-refractivity contribution in [2.75, 3.05) is 19.0 Å². The highest BCUT2D eigenvalue weighted by Gasteiger charge is 2.14. The summed E-state index contributed by atoms with van der Waals surface area (Å²) < 4.78 is 11.3. The van der Waals surface area contributed by atoms with Crippen LogP contribution in [0, 0.1) is 18.3 Å². The van der Waals surface area contributed by atoms with Gasteiger partial charge in [-0.15, -0.1) is 11.3 Å². The second-order valence-corrected chi connectivity index (χ2v) is 8.71. The topological polar surface area (TPSA) is 84.2 Å². The minimum atomic E-state index is -0.512. The van der Waals surface area contributed by atoms with Crippen molar-refractivity contribution in [1.82, 2.24) is 4.98 Å². The molecular weight excluding hydrogens is 446 g/mol. The highest BCUT2D eigenvalue weighted by Crippen LogP contribution is 2.30. The smallest absolute Gasteiger partial charge is 0.268 e. The van der Waals surface area contributed by atoms with Gasteiger partial charge in [0.15, 0.2) is 16.6 Å². The second-order valence-electron chi connectivity index (χ2n) is 7.85. The van der Waals surface area contributed by atoms with Crippen molar-refractivity contribution < 1.29 is 14.3 Å². The lowest BCUT2D eigenvalue weighted by Crippen LogP contribution is -2.13. The van der Waals surface area contributed by atoms with Crippen LogP contribution in [-0.4, -0.2) is 24.6 Å². The predicted molar refractivity (Wildman–Crippen MR) is 137 cm³/mol. The first-order valence-electron chi connectivity index (χ1n) is 11.3. The Kier molecular flexibility index (Phi) is 9.24. The quantitative estimate of drug-likeness (QED) is 0.191. The van der Waals surface area contributed by atoms with E-state index in [1.807, 2.05) is 42.6 Å². The van der Waals surface area contributed by atoms with Gasteiger partial charge in [0.05, 0.1) is 19.4 Å². The first kappa shape index (κ1) is 25.0. The molecule has 0 saturated carbocycles. The van der Waals surface area contributed by atoms with Crippen molar-refractivity contribution in [3.63, 3.8) is 0 Å². The Bertz CT molecular complexity index is 1180. The van der Waals surface area contributed by atoms with Gasteiger partial charge < -0.3 is 9.47 Å². The number of hydrogen-bond acceptors (Lipinski definition) is 6. The van der Waals surface area contributed by atoms with Crippen molar-refractivity contribution in [2.24, 2.45) is 0 Å².